The van der Waals surface area contributed by atoms with E-state index in [1.807, 2.05) is 20.8 Å². The largest absolute Gasteiger partial charge is 0.462 e. The van der Waals surface area contributed by atoms with Gasteiger partial charge in [-0.25, -0.2) is 4.79 Å². The Labute approximate surface area is 240 Å². The number of nitrogens with two attached hydrogens (primary N) is 1. The zero-order chi connectivity index (χ0) is 29.4. The first kappa shape index (κ1) is 28.4. The Morgan fingerprint density at radius 3 is 2.66 bits per heavy atom. The zero-order valence-electron chi connectivity index (χ0n) is 24.1. The molecule has 1 atom stereocenters. The Bertz CT molecular complexity index is 1360. The van der Waals surface area contributed by atoms with Gasteiger partial charge < -0.3 is 35.2 Å². The first-order valence-electron chi connectivity index (χ1n) is 14.0. The van der Waals surface area contributed by atoms with Crippen molar-refractivity contribution >= 4 is 29.3 Å². The van der Waals surface area contributed by atoms with Gasteiger partial charge in [-0.15, -0.1) is 0 Å². The van der Waals surface area contributed by atoms with Crippen LogP contribution in [0.5, 0.6) is 6.01 Å². The van der Waals surface area contributed by atoms with E-state index in [-0.39, 0.29) is 29.1 Å². The Hall–Kier alpha value is -4.11. The third-order valence-electron chi connectivity index (χ3n) is 7.91. The number of ether oxygens (including phenoxy) is 2. The van der Waals surface area contributed by atoms with Gasteiger partial charge in [-0.05, 0) is 71.8 Å². The quantitative estimate of drug-likeness (QED) is 0.515. The standard InChI is InChI=1S/C29H38N8O4/c1-28(2,3)41-27(39)37-17-29(18-37)10-12-36(16-29)25-22(14-30)24(32-20-8-5-7-19(13-20)23(31)38)33-26(34-25)40-15-21-9-6-11-35(21)4/h5,7-8,13,21H,6,9-12,15-18H2,1-4H3,(H2,31,38)(H,32,33,34)/t21-/m0/s1. The molecule has 0 saturated carbocycles. The van der Waals surface area contributed by atoms with Gasteiger partial charge in [0, 0.05) is 48.9 Å². The molecule has 1 aromatic carbocycles. The van der Waals surface area contributed by atoms with Gasteiger partial charge in [0.1, 0.15) is 23.8 Å². The van der Waals surface area contributed by atoms with E-state index >= 15 is 0 Å². The summed E-state index contributed by atoms with van der Waals surface area (Å²) in [6, 6.07) is 9.45. The Morgan fingerprint density at radius 2 is 2.00 bits per heavy atom. The van der Waals surface area contributed by atoms with E-state index < -0.39 is 11.5 Å². The van der Waals surface area contributed by atoms with Gasteiger partial charge in [0.2, 0.25) is 5.91 Å². The van der Waals surface area contributed by atoms with E-state index in [0.29, 0.717) is 55.7 Å². The molecule has 0 aliphatic carbocycles. The molecule has 4 heterocycles. The van der Waals surface area contributed by atoms with Crippen molar-refractivity contribution in [3.8, 4) is 12.1 Å². The molecule has 5 rings (SSSR count). The number of likely N-dealkylation sites (tertiary alicyclic amines) is 2. The van der Waals surface area contributed by atoms with Crippen molar-refractivity contribution in [1.29, 1.82) is 5.26 Å². The van der Waals surface area contributed by atoms with Crippen molar-refractivity contribution < 1.29 is 19.1 Å². The van der Waals surface area contributed by atoms with Gasteiger partial charge in [-0.3, -0.25) is 4.79 Å². The highest BCUT2D eigenvalue weighted by molar-refractivity contribution is 5.94. The lowest BCUT2D eigenvalue weighted by Crippen LogP contribution is -2.60. The van der Waals surface area contributed by atoms with Crippen LogP contribution in [-0.4, -0.2) is 89.8 Å². The molecule has 3 fully saturated rings. The smallest absolute Gasteiger partial charge is 0.410 e. The van der Waals surface area contributed by atoms with Crippen molar-refractivity contribution in [1.82, 2.24) is 19.8 Å². The molecule has 41 heavy (non-hydrogen) atoms. The average molecular weight is 563 g/mol. The SMILES string of the molecule is CN1CCC[C@H]1COc1nc(Nc2cccc(C(N)=O)c2)c(C#N)c(N2CCC3(CN(C(=O)OC(C)(C)C)C3)C2)n1. The Kier molecular flexibility index (Phi) is 7.66. The summed E-state index contributed by atoms with van der Waals surface area (Å²) in [4.78, 5) is 39.6. The maximum absolute atomic E-state index is 12.5. The number of likely N-dealkylation sites (N-methyl/N-ethyl adjacent to an activating group) is 1. The second kappa shape index (κ2) is 11.0. The lowest BCUT2D eigenvalue weighted by Gasteiger charge is -2.47. The summed E-state index contributed by atoms with van der Waals surface area (Å²) in [6.45, 7) is 9.53. The van der Waals surface area contributed by atoms with Gasteiger partial charge in [0.25, 0.3) is 0 Å². The van der Waals surface area contributed by atoms with Crippen LogP contribution in [0, 0.1) is 16.7 Å². The molecule has 2 amide bonds. The summed E-state index contributed by atoms with van der Waals surface area (Å²) < 4.78 is 11.6. The van der Waals surface area contributed by atoms with Gasteiger partial charge in [0.05, 0.1) is 0 Å². The number of benzene rings is 1. The van der Waals surface area contributed by atoms with Gasteiger partial charge in [-0.2, -0.15) is 15.2 Å². The van der Waals surface area contributed by atoms with E-state index in [2.05, 4.69) is 33.2 Å². The molecule has 3 N–H and O–H groups in total. The topological polar surface area (TPSA) is 150 Å². The maximum Gasteiger partial charge on any atom is 0.410 e. The van der Waals surface area contributed by atoms with E-state index in [9.17, 15) is 14.9 Å². The maximum atomic E-state index is 12.5. The van der Waals surface area contributed by atoms with E-state index in [0.717, 1.165) is 25.8 Å². The van der Waals surface area contributed by atoms with Crippen LogP contribution in [0.3, 0.4) is 0 Å². The van der Waals surface area contributed by atoms with Gasteiger partial charge >= 0.3 is 12.1 Å². The minimum absolute atomic E-state index is 0.0917. The molecule has 12 nitrogen and oxygen atoms in total. The number of carbonyl (C=O) groups excluding carboxylic acids is 2. The summed E-state index contributed by atoms with van der Waals surface area (Å²) in [5.41, 5.74) is 6.01. The number of amides is 2. The molecule has 1 aromatic heterocycles. The molecule has 0 bridgehead atoms. The van der Waals surface area contributed by atoms with Crippen LogP contribution in [0.15, 0.2) is 24.3 Å². The molecule has 0 unspecified atom stereocenters. The minimum Gasteiger partial charge on any atom is -0.462 e. The lowest BCUT2D eigenvalue weighted by molar-refractivity contribution is -0.0266. The van der Waals surface area contributed by atoms with Crippen LogP contribution in [0.2, 0.25) is 0 Å². The summed E-state index contributed by atoms with van der Waals surface area (Å²) in [5, 5.41) is 13.4. The summed E-state index contributed by atoms with van der Waals surface area (Å²) in [5.74, 6) is 0.225. The third kappa shape index (κ3) is 6.30. The monoisotopic (exact) mass is 562 g/mol. The zero-order valence-corrected chi connectivity index (χ0v) is 24.1. The molecule has 1 spiro atoms. The number of anilines is 3. The van der Waals surface area contributed by atoms with E-state index in [1.165, 1.54) is 0 Å². The minimum atomic E-state index is -0.550. The normalized spacial score (nSPS) is 20.0. The predicted molar refractivity (Wildman–Crippen MR) is 153 cm³/mol. The number of rotatable bonds is 7. The van der Waals surface area contributed by atoms with Crippen LogP contribution in [-0.2, 0) is 4.74 Å². The Balaban J connectivity index is 1.39. The molecule has 2 aromatic rings. The van der Waals surface area contributed by atoms with Crippen LogP contribution in [0.25, 0.3) is 0 Å². The van der Waals surface area contributed by atoms with E-state index in [4.69, 9.17) is 20.2 Å². The van der Waals surface area contributed by atoms with Crippen molar-refractivity contribution in [3.63, 3.8) is 0 Å². The molecular formula is C29H38N8O4. The predicted octanol–water partition coefficient (Wildman–Crippen LogP) is 3.11. The number of nitriles is 1. The highest BCUT2D eigenvalue weighted by Gasteiger charge is 2.51. The summed E-state index contributed by atoms with van der Waals surface area (Å²) in [7, 11) is 2.08. The van der Waals surface area contributed by atoms with E-state index in [1.54, 1.807) is 29.2 Å². The molecule has 3 aliphatic rings. The fourth-order valence-electron chi connectivity index (χ4n) is 5.76. The lowest BCUT2D eigenvalue weighted by atomic mass is 9.79. The number of aromatic nitrogens is 2. The second-order valence-corrected chi connectivity index (χ2v) is 12.3. The molecule has 12 heteroatoms. The summed E-state index contributed by atoms with van der Waals surface area (Å²) in [6.07, 6.45) is 2.70. The highest BCUT2D eigenvalue weighted by atomic mass is 16.6. The number of nitrogens with one attached hydrogen (secondary N) is 1. The first-order chi connectivity index (χ1) is 19.4. The van der Waals surface area contributed by atoms with Gasteiger partial charge in [0.15, 0.2) is 11.6 Å². The number of hydrogen-bond donors (Lipinski definition) is 2. The third-order valence-corrected chi connectivity index (χ3v) is 7.91. The molecular weight excluding hydrogens is 524 g/mol. The number of primary amides is 1. The van der Waals surface area contributed by atoms with Gasteiger partial charge in [-0.1, -0.05) is 6.07 Å². The average Bonchev–Trinajstić information content (AvgIpc) is 3.52. The van der Waals surface area contributed by atoms with Crippen LogP contribution in [0.4, 0.5) is 22.1 Å². The Morgan fingerprint density at radius 1 is 1.22 bits per heavy atom. The number of hydrogen-bond acceptors (Lipinski definition) is 10. The van der Waals surface area contributed by atoms with Crippen LogP contribution >= 0.6 is 0 Å². The van der Waals surface area contributed by atoms with Crippen molar-refractivity contribution in [2.24, 2.45) is 11.1 Å². The fourth-order valence-corrected chi connectivity index (χ4v) is 5.76. The molecule has 3 saturated heterocycles. The molecule has 3 aliphatic heterocycles. The molecule has 218 valence electrons. The number of nitrogens with zero attached hydrogens (tertiary/aromatic N) is 6. The number of carbonyl (C=O) groups is 2. The highest BCUT2D eigenvalue weighted by Crippen LogP contribution is 2.43. The van der Waals surface area contributed by atoms with Crippen LogP contribution < -0.4 is 20.7 Å². The second-order valence-electron chi connectivity index (χ2n) is 12.3. The summed E-state index contributed by atoms with van der Waals surface area (Å²) >= 11 is 0. The fraction of sp³-hybridized carbons (Fsp3) is 0.552. The van der Waals surface area contributed by atoms with Crippen molar-refractivity contribution in [3.05, 3.63) is 35.4 Å². The van der Waals surface area contributed by atoms with Crippen molar-refractivity contribution in [2.75, 3.05) is 56.6 Å². The molecule has 0 radical (unpaired) electrons. The first-order valence-corrected chi connectivity index (χ1v) is 14.0. The van der Waals surface area contributed by atoms with Crippen molar-refractivity contribution in [2.45, 2.75) is 51.7 Å². The van der Waals surface area contributed by atoms with Crippen LogP contribution in [0.1, 0.15) is 56.0 Å².